The van der Waals surface area contributed by atoms with Crippen LogP contribution in [0.25, 0.3) is 5.70 Å². The van der Waals surface area contributed by atoms with Gasteiger partial charge in [-0.3, -0.25) is 4.79 Å². The molecule has 63 valence electrons. The van der Waals surface area contributed by atoms with Crippen LogP contribution in [0.3, 0.4) is 0 Å². The van der Waals surface area contributed by atoms with Crippen molar-refractivity contribution in [2.45, 2.75) is 0 Å². The van der Waals surface area contributed by atoms with E-state index in [0.29, 0.717) is 16.9 Å². The average molecular weight is 172 g/mol. The number of amides is 1. The first-order valence-corrected chi connectivity index (χ1v) is 3.72. The quantitative estimate of drug-likeness (QED) is 0.650. The molecule has 0 aromatic heterocycles. The molecule has 4 nitrogen and oxygen atoms in total. The Labute approximate surface area is 74.8 Å². The van der Waals surface area contributed by atoms with Crippen LogP contribution in [0.4, 0.5) is 5.69 Å². The van der Waals surface area contributed by atoms with Gasteiger partial charge in [-0.2, -0.15) is 0 Å². The van der Waals surface area contributed by atoms with Gasteiger partial charge in [0.15, 0.2) is 0 Å². The van der Waals surface area contributed by atoms with E-state index in [0.717, 1.165) is 0 Å². The average Bonchev–Trinajstić information content (AvgIpc) is 2.53. The van der Waals surface area contributed by atoms with E-state index in [9.17, 15) is 4.79 Å². The van der Waals surface area contributed by atoms with Crippen molar-refractivity contribution in [1.82, 2.24) is 0 Å². The highest BCUT2D eigenvalue weighted by Gasteiger charge is 2.12. The van der Waals surface area contributed by atoms with Crippen molar-refractivity contribution in [2.75, 3.05) is 5.73 Å². The fourth-order valence-corrected chi connectivity index (χ4v) is 1.08. The van der Waals surface area contributed by atoms with Crippen molar-refractivity contribution in [3.8, 4) is 0 Å². The summed E-state index contributed by atoms with van der Waals surface area (Å²) in [4.78, 5) is 10.7. The summed E-state index contributed by atoms with van der Waals surface area (Å²) in [6.07, 6.45) is 2.48. The molecule has 0 saturated carbocycles. The molecule has 0 saturated heterocycles. The molecular formula is C9H6N3O. The van der Waals surface area contributed by atoms with E-state index >= 15 is 0 Å². The van der Waals surface area contributed by atoms with E-state index in [2.05, 4.69) is 16.3 Å². The molecule has 0 spiro atoms. The Kier molecular flexibility index (Phi) is 1.66. The fourth-order valence-electron chi connectivity index (χ4n) is 1.08. The second kappa shape index (κ2) is 2.82. The maximum atomic E-state index is 10.7. The molecule has 1 aromatic carbocycles. The lowest BCUT2D eigenvalue weighted by Crippen LogP contribution is -1.91. The molecule has 1 radical (unpaired) electrons. The predicted molar refractivity (Wildman–Crippen MR) is 47.4 cm³/mol. The molecule has 1 aliphatic heterocycles. The lowest BCUT2D eigenvalue weighted by atomic mass is 10.1. The molecule has 4 heteroatoms. The number of nitrogens with zero attached hydrogens (tertiary/aromatic N) is 2. The first kappa shape index (κ1) is 7.67. The van der Waals surface area contributed by atoms with Crippen LogP contribution in [-0.4, -0.2) is 5.91 Å². The van der Waals surface area contributed by atoms with Crippen LogP contribution >= 0.6 is 0 Å². The normalized spacial score (nSPS) is 14.8. The minimum absolute atomic E-state index is 0.406. The third-order valence-electron chi connectivity index (χ3n) is 1.68. The maximum Gasteiger partial charge on any atom is 0.298 e. The number of azo groups is 1. The molecule has 0 fully saturated rings. The van der Waals surface area contributed by atoms with Crippen molar-refractivity contribution in [2.24, 2.45) is 10.2 Å². The van der Waals surface area contributed by atoms with Crippen LogP contribution < -0.4 is 5.73 Å². The first-order chi connectivity index (χ1) is 6.27. The van der Waals surface area contributed by atoms with Crippen molar-refractivity contribution in [1.29, 1.82) is 0 Å². The number of rotatable bonds is 1. The first-order valence-electron chi connectivity index (χ1n) is 3.72. The standard InChI is InChI=1S/C9H6N3O/c10-7-4-2-1-3-6(7)8-5-9(13)12-11-8/h1-4H,10H2. The monoisotopic (exact) mass is 172 g/mol. The smallest absolute Gasteiger partial charge is 0.298 e. The summed E-state index contributed by atoms with van der Waals surface area (Å²) in [6.45, 7) is 0. The van der Waals surface area contributed by atoms with Crippen LogP contribution in [0.2, 0.25) is 0 Å². The lowest BCUT2D eigenvalue weighted by Gasteiger charge is -2.00. The van der Waals surface area contributed by atoms with Gasteiger partial charge in [-0.15, -0.1) is 10.2 Å². The van der Waals surface area contributed by atoms with Crippen LogP contribution in [-0.2, 0) is 4.79 Å². The van der Waals surface area contributed by atoms with E-state index in [1.807, 2.05) is 12.1 Å². The molecule has 0 bridgehead atoms. The molecular weight excluding hydrogens is 166 g/mol. The number of anilines is 1. The number of hydrogen-bond acceptors (Lipinski definition) is 3. The second-order valence-electron chi connectivity index (χ2n) is 2.57. The maximum absolute atomic E-state index is 10.7. The third-order valence-corrected chi connectivity index (χ3v) is 1.68. The van der Waals surface area contributed by atoms with Gasteiger partial charge in [-0.1, -0.05) is 18.2 Å². The van der Waals surface area contributed by atoms with Gasteiger partial charge in [0.05, 0.1) is 6.08 Å². The molecule has 2 N–H and O–H groups in total. The van der Waals surface area contributed by atoms with Crippen LogP contribution in [0, 0.1) is 6.08 Å². The number of carbonyl (C=O) groups is 1. The molecule has 0 unspecified atom stereocenters. The largest absolute Gasteiger partial charge is 0.398 e. The predicted octanol–water partition coefficient (Wildman–Crippen LogP) is 1.41. The molecule has 1 heterocycles. The zero-order valence-corrected chi connectivity index (χ0v) is 6.69. The van der Waals surface area contributed by atoms with Gasteiger partial charge in [0.1, 0.15) is 5.70 Å². The molecule has 13 heavy (non-hydrogen) atoms. The topological polar surface area (TPSA) is 67.8 Å². The highest BCUT2D eigenvalue weighted by Crippen LogP contribution is 2.24. The van der Waals surface area contributed by atoms with Crippen LogP contribution in [0.5, 0.6) is 0 Å². The molecule has 1 amide bonds. The summed E-state index contributed by atoms with van der Waals surface area (Å²) in [5, 5.41) is 6.97. The number of hydrogen-bond donors (Lipinski definition) is 1. The Hall–Kier alpha value is -1.97. The van der Waals surface area contributed by atoms with E-state index in [-0.39, 0.29) is 0 Å². The Balaban J connectivity index is 2.48. The van der Waals surface area contributed by atoms with Crippen molar-refractivity contribution in [3.63, 3.8) is 0 Å². The summed E-state index contributed by atoms with van der Waals surface area (Å²) < 4.78 is 0. The number of para-hydroxylation sites is 1. The zero-order chi connectivity index (χ0) is 9.26. The van der Waals surface area contributed by atoms with Gasteiger partial charge in [0.25, 0.3) is 5.91 Å². The summed E-state index contributed by atoms with van der Waals surface area (Å²) in [5.74, 6) is -0.460. The summed E-state index contributed by atoms with van der Waals surface area (Å²) >= 11 is 0. The minimum Gasteiger partial charge on any atom is -0.398 e. The van der Waals surface area contributed by atoms with Gasteiger partial charge in [-0.25, -0.2) is 0 Å². The number of nitrogens with two attached hydrogens (primary N) is 1. The molecule has 0 aliphatic carbocycles. The lowest BCUT2D eigenvalue weighted by molar-refractivity contribution is -0.114. The SMILES string of the molecule is Nc1ccccc1C1=[C]C(=O)N=N1. The summed E-state index contributed by atoms with van der Waals surface area (Å²) in [7, 11) is 0. The van der Waals surface area contributed by atoms with Gasteiger partial charge in [0, 0.05) is 11.3 Å². The summed E-state index contributed by atoms with van der Waals surface area (Å²) in [6, 6.07) is 7.14. The Bertz CT molecular complexity index is 421. The van der Waals surface area contributed by atoms with Crippen molar-refractivity contribution < 1.29 is 4.79 Å². The van der Waals surface area contributed by atoms with E-state index in [1.54, 1.807) is 12.1 Å². The molecule has 2 rings (SSSR count). The number of carbonyl (C=O) groups excluding carboxylic acids is 1. The second-order valence-corrected chi connectivity index (χ2v) is 2.57. The molecule has 1 aliphatic rings. The Morgan fingerprint density at radius 1 is 1.23 bits per heavy atom. The van der Waals surface area contributed by atoms with Crippen LogP contribution in [0.1, 0.15) is 5.56 Å². The highest BCUT2D eigenvalue weighted by atomic mass is 16.1. The van der Waals surface area contributed by atoms with E-state index in [4.69, 9.17) is 5.73 Å². The Morgan fingerprint density at radius 2 is 2.00 bits per heavy atom. The van der Waals surface area contributed by atoms with Crippen LogP contribution in [0.15, 0.2) is 34.5 Å². The number of nitrogen functional groups attached to an aromatic ring is 1. The van der Waals surface area contributed by atoms with Crippen molar-refractivity contribution >= 4 is 17.3 Å². The minimum atomic E-state index is -0.460. The van der Waals surface area contributed by atoms with Gasteiger partial charge < -0.3 is 5.73 Å². The fraction of sp³-hybridized carbons (Fsp3) is 0. The highest BCUT2D eigenvalue weighted by molar-refractivity contribution is 5.95. The van der Waals surface area contributed by atoms with Gasteiger partial charge in [0.2, 0.25) is 0 Å². The van der Waals surface area contributed by atoms with Crippen molar-refractivity contribution in [3.05, 3.63) is 35.9 Å². The van der Waals surface area contributed by atoms with Gasteiger partial charge >= 0.3 is 0 Å². The van der Waals surface area contributed by atoms with Gasteiger partial charge in [-0.05, 0) is 6.07 Å². The third kappa shape index (κ3) is 1.33. The summed E-state index contributed by atoms with van der Waals surface area (Å²) in [5.41, 5.74) is 7.34. The molecule has 0 atom stereocenters. The van der Waals surface area contributed by atoms with E-state index < -0.39 is 5.91 Å². The zero-order valence-electron chi connectivity index (χ0n) is 6.69. The number of benzene rings is 1. The van der Waals surface area contributed by atoms with E-state index in [1.165, 1.54) is 0 Å². The molecule has 1 aromatic rings. The Morgan fingerprint density at radius 3 is 2.62 bits per heavy atom.